The summed E-state index contributed by atoms with van der Waals surface area (Å²) in [5.41, 5.74) is 6.58. The molecule has 0 aliphatic carbocycles. The molecule has 104 valence electrons. The summed E-state index contributed by atoms with van der Waals surface area (Å²) < 4.78 is 5.17. The molecular formula is C15H22N2O2. The Balaban J connectivity index is 1.99. The lowest BCUT2D eigenvalue weighted by atomic mass is 9.87. The molecule has 1 atom stereocenters. The molecule has 0 aromatic heterocycles. The molecule has 4 heteroatoms. The first-order valence-corrected chi connectivity index (χ1v) is 6.84. The van der Waals surface area contributed by atoms with Crippen LogP contribution in [0.2, 0.25) is 0 Å². The van der Waals surface area contributed by atoms with Gasteiger partial charge < -0.3 is 10.5 Å². The minimum Gasteiger partial charge on any atom is -0.465 e. The Morgan fingerprint density at radius 2 is 2.16 bits per heavy atom. The average molecular weight is 262 g/mol. The molecule has 1 aromatic rings. The van der Waals surface area contributed by atoms with Gasteiger partial charge in [0, 0.05) is 19.6 Å². The van der Waals surface area contributed by atoms with Crippen LogP contribution in [0.25, 0.3) is 0 Å². The molecule has 1 unspecified atom stereocenters. The lowest BCUT2D eigenvalue weighted by Crippen LogP contribution is -2.42. The number of nitrogens with zero attached hydrogens (tertiary/aromatic N) is 1. The second kappa shape index (κ2) is 6.17. The molecule has 1 aliphatic heterocycles. The number of ether oxygens (including phenoxy) is 1. The van der Waals surface area contributed by atoms with Crippen LogP contribution >= 0.6 is 0 Å². The van der Waals surface area contributed by atoms with Crippen molar-refractivity contribution in [3.05, 3.63) is 35.9 Å². The van der Waals surface area contributed by atoms with E-state index in [1.54, 1.807) is 0 Å². The number of esters is 1. The largest absolute Gasteiger partial charge is 0.465 e. The summed E-state index contributed by atoms with van der Waals surface area (Å²) in [6, 6.07) is 10.3. The predicted octanol–water partition coefficient (Wildman–Crippen LogP) is 1.40. The second-order valence-corrected chi connectivity index (χ2v) is 5.15. The van der Waals surface area contributed by atoms with Gasteiger partial charge in [0.15, 0.2) is 0 Å². The van der Waals surface area contributed by atoms with Crippen molar-refractivity contribution >= 4 is 5.97 Å². The van der Waals surface area contributed by atoms with E-state index in [9.17, 15) is 4.79 Å². The van der Waals surface area contributed by atoms with Gasteiger partial charge in [-0.1, -0.05) is 30.3 Å². The van der Waals surface area contributed by atoms with Crippen LogP contribution in [-0.4, -0.2) is 37.1 Å². The number of nitrogens with two attached hydrogens (primary N) is 1. The van der Waals surface area contributed by atoms with Crippen LogP contribution < -0.4 is 5.73 Å². The quantitative estimate of drug-likeness (QED) is 0.815. The second-order valence-electron chi connectivity index (χ2n) is 5.15. The number of carbonyl (C=O) groups excluding carboxylic acids is 1. The van der Waals surface area contributed by atoms with E-state index in [0.717, 1.165) is 19.5 Å². The molecule has 2 rings (SSSR count). The Morgan fingerprint density at radius 3 is 2.79 bits per heavy atom. The number of carbonyl (C=O) groups is 1. The minimum atomic E-state index is -0.509. The number of benzene rings is 1. The van der Waals surface area contributed by atoms with Gasteiger partial charge in [-0.3, -0.25) is 9.69 Å². The summed E-state index contributed by atoms with van der Waals surface area (Å²) in [7, 11) is 0. The number of hydrogen-bond donors (Lipinski definition) is 1. The van der Waals surface area contributed by atoms with Gasteiger partial charge in [0.05, 0.1) is 12.0 Å². The van der Waals surface area contributed by atoms with Gasteiger partial charge >= 0.3 is 5.97 Å². The first-order chi connectivity index (χ1) is 9.20. The highest BCUT2D eigenvalue weighted by atomic mass is 16.5. The first-order valence-electron chi connectivity index (χ1n) is 6.84. The molecule has 0 amide bonds. The van der Waals surface area contributed by atoms with E-state index in [1.807, 2.05) is 25.1 Å². The maximum Gasteiger partial charge on any atom is 0.314 e. The van der Waals surface area contributed by atoms with E-state index >= 15 is 0 Å². The number of likely N-dealkylation sites (tertiary alicyclic amines) is 1. The zero-order valence-electron chi connectivity index (χ0n) is 11.5. The van der Waals surface area contributed by atoms with Crippen LogP contribution in [0.1, 0.15) is 18.9 Å². The summed E-state index contributed by atoms with van der Waals surface area (Å²) in [5.74, 6) is -0.145. The number of hydrogen-bond acceptors (Lipinski definition) is 4. The summed E-state index contributed by atoms with van der Waals surface area (Å²) in [6.45, 7) is 5.05. The van der Waals surface area contributed by atoms with Crippen molar-refractivity contribution in [3.8, 4) is 0 Å². The Hall–Kier alpha value is -1.39. The predicted molar refractivity (Wildman–Crippen MR) is 74.5 cm³/mol. The van der Waals surface area contributed by atoms with Crippen LogP contribution in [0.4, 0.5) is 0 Å². The molecule has 2 N–H and O–H groups in total. The van der Waals surface area contributed by atoms with Crippen molar-refractivity contribution in [2.24, 2.45) is 11.1 Å². The van der Waals surface area contributed by atoms with E-state index < -0.39 is 5.41 Å². The van der Waals surface area contributed by atoms with Crippen molar-refractivity contribution in [1.82, 2.24) is 4.90 Å². The fraction of sp³-hybridized carbons (Fsp3) is 0.533. The minimum absolute atomic E-state index is 0.145. The molecule has 1 aromatic carbocycles. The SMILES string of the molecule is CCOC(=O)C1(CN)CCN(Cc2ccccc2)C1. The lowest BCUT2D eigenvalue weighted by Gasteiger charge is -2.25. The van der Waals surface area contributed by atoms with Gasteiger partial charge in [0.2, 0.25) is 0 Å². The van der Waals surface area contributed by atoms with Gasteiger partial charge in [0.1, 0.15) is 0 Å². The molecule has 19 heavy (non-hydrogen) atoms. The van der Waals surface area contributed by atoms with Crippen molar-refractivity contribution in [2.45, 2.75) is 19.9 Å². The highest BCUT2D eigenvalue weighted by Crippen LogP contribution is 2.31. The van der Waals surface area contributed by atoms with Gasteiger partial charge in [-0.25, -0.2) is 0 Å². The van der Waals surface area contributed by atoms with Crippen molar-refractivity contribution in [1.29, 1.82) is 0 Å². The lowest BCUT2D eigenvalue weighted by molar-refractivity contribution is -0.154. The van der Waals surface area contributed by atoms with Crippen LogP contribution in [0.15, 0.2) is 30.3 Å². The summed E-state index contributed by atoms with van der Waals surface area (Å²) in [5, 5.41) is 0. The standard InChI is InChI=1S/C15H22N2O2/c1-2-19-14(18)15(11-16)8-9-17(12-15)10-13-6-4-3-5-7-13/h3-7H,2,8-12,16H2,1H3. The molecule has 4 nitrogen and oxygen atoms in total. The smallest absolute Gasteiger partial charge is 0.314 e. The van der Waals surface area contributed by atoms with E-state index in [1.165, 1.54) is 5.56 Å². The van der Waals surface area contributed by atoms with E-state index in [2.05, 4.69) is 17.0 Å². The molecule has 1 heterocycles. The maximum absolute atomic E-state index is 12.1. The van der Waals surface area contributed by atoms with Crippen LogP contribution in [0, 0.1) is 5.41 Å². The molecule has 1 fully saturated rings. The zero-order chi connectivity index (χ0) is 13.7. The molecular weight excluding hydrogens is 240 g/mol. The fourth-order valence-corrected chi connectivity index (χ4v) is 2.64. The Labute approximate surface area is 114 Å². The third-order valence-electron chi connectivity index (χ3n) is 3.78. The third-order valence-corrected chi connectivity index (χ3v) is 3.78. The zero-order valence-corrected chi connectivity index (χ0v) is 11.5. The van der Waals surface area contributed by atoms with Crippen LogP contribution in [0.5, 0.6) is 0 Å². The molecule has 0 saturated carbocycles. The van der Waals surface area contributed by atoms with E-state index in [4.69, 9.17) is 10.5 Å². The summed E-state index contributed by atoms with van der Waals surface area (Å²) in [6.07, 6.45) is 0.787. The third kappa shape index (κ3) is 3.14. The fourth-order valence-electron chi connectivity index (χ4n) is 2.64. The van der Waals surface area contributed by atoms with E-state index in [-0.39, 0.29) is 5.97 Å². The van der Waals surface area contributed by atoms with Crippen LogP contribution in [-0.2, 0) is 16.1 Å². The molecule has 1 saturated heterocycles. The first kappa shape index (κ1) is 14.0. The monoisotopic (exact) mass is 262 g/mol. The maximum atomic E-state index is 12.1. The summed E-state index contributed by atoms with van der Waals surface area (Å²) >= 11 is 0. The number of rotatable bonds is 5. The van der Waals surface area contributed by atoms with E-state index in [0.29, 0.717) is 19.7 Å². The van der Waals surface area contributed by atoms with Crippen molar-refractivity contribution in [3.63, 3.8) is 0 Å². The van der Waals surface area contributed by atoms with Crippen LogP contribution in [0.3, 0.4) is 0 Å². The Kier molecular flexibility index (Phi) is 4.56. The van der Waals surface area contributed by atoms with Gasteiger partial charge in [-0.2, -0.15) is 0 Å². The van der Waals surface area contributed by atoms with Crippen molar-refractivity contribution in [2.75, 3.05) is 26.2 Å². The molecule has 0 spiro atoms. The molecule has 1 aliphatic rings. The summed E-state index contributed by atoms with van der Waals surface area (Å²) in [4.78, 5) is 14.3. The highest BCUT2D eigenvalue weighted by Gasteiger charge is 2.44. The normalized spacial score (nSPS) is 23.5. The average Bonchev–Trinajstić information content (AvgIpc) is 2.85. The molecule has 0 bridgehead atoms. The van der Waals surface area contributed by atoms with Gasteiger partial charge in [-0.15, -0.1) is 0 Å². The highest BCUT2D eigenvalue weighted by molar-refractivity contribution is 5.78. The Bertz CT molecular complexity index is 421. The van der Waals surface area contributed by atoms with Gasteiger partial charge in [-0.05, 0) is 25.5 Å². The Morgan fingerprint density at radius 1 is 1.42 bits per heavy atom. The van der Waals surface area contributed by atoms with Crippen molar-refractivity contribution < 1.29 is 9.53 Å². The molecule has 0 radical (unpaired) electrons. The topological polar surface area (TPSA) is 55.6 Å². The van der Waals surface area contributed by atoms with Gasteiger partial charge in [0.25, 0.3) is 0 Å².